The number of nitrogens with two attached hydrogens (primary N) is 2. The Hall–Kier alpha value is -3.26. The highest BCUT2D eigenvalue weighted by Gasteiger charge is 2.19. The summed E-state index contributed by atoms with van der Waals surface area (Å²) < 4.78 is 14.6. The Morgan fingerprint density at radius 1 is 1.21 bits per heavy atom. The number of nitrogens with one attached hydrogen (secondary N) is 2. The molecule has 0 aliphatic rings. The fourth-order valence-corrected chi connectivity index (χ4v) is 3.18. The van der Waals surface area contributed by atoms with Crippen LogP contribution in [0.2, 0.25) is 0 Å². The van der Waals surface area contributed by atoms with E-state index in [1.165, 1.54) is 0 Å². The summed E-state index contributed by atoms with van der Waals surface area (Å²) in [6.07, 6.45) is 2.43. The van der Waals surface area contributed by atoms with Gasteiger partial charge in [-0.1, -0.05) is 32.0 Å². The van der Waals surface area contributed by atoms with Crippen LogP contribution in [0.15, 0.2) is 42.6 Å². The minimum absolute atomic E-state index is 0.0156. The SMILES string of the molecule is CC(C)C[C@H](CN)Nc1nc(Nc2cccc3cccnc23)c(C(N)=O)cc1F. The van der Waals surface area contributed by atoms with Crippen molar-refractivity contribution in [1.82, 2.24) is 9.97 Å². The highest BCUT2D eigenvalue weighted by Crippen LogP contribution is 2.28. The van der Waals surface area contributed by atoms with Gasteiger partial charge in [-0.3, -0.25) is 9.78 Å². The molecule has 0 unspecified atom stereocenters. The Bertz CT molecular complexity index is 1020. The van der Waals surface area contributed by atoms with E-state index >= 15 is 0 Å². The van der Waals surface area contributed by atoms with Gasteiger partial charge in [0.15, 0.2) is 11.6 Å². The van der Waals surface area contributed by atoms with Crippen LogP contribution in [0.1, 0.15) is 30.6 Å². The number of nitrogens with zero attached hydrogens (tertiary/aromatic N) is 2. The van der Waals surface area contributed by atoms with Gasteiger partial charge in [0.2, 0.25) is 0 Å². The lowest BCUT2D eigenvalue weighted by atomic mass is 10.0. The van der Waals surface area contributed by atoms with Gasteiger partial charge in [-0.2, -0.15) is 0 Å². The van der Waals surface area contributed by atoms with Crippen molar-refractivity contribution in [2.45, 2.75) is 26.3 Å². The number of benzene rings is 1. The molecule has 0 saturated heterocycles. The second-order valence-electron chi connectivity index (χ2n) is 7.29. The van der Waals surface area contributed by atoms with Gasteiger partial charge in [0.05, 0.1) is 16.8 Å². The molecule has 0 aliphatic carbocycles. The van der Waals surface area contributed by atoms with E-state index in [9.17, 15) is 9.18 Å². The number of carbonyl (C=O) groups excluding carboxylic acids is 1. The summed E-state index contributed by atoms with van der Waals surface area (Å²) in [6, 6.07) is 10.3. The minimum Gasteiger partial charge on any atom is -0.365 e. The predicted octanol–water partition coefficient (Wildman–Crippen LogP) is 3.40. The smallest absolute Gasteiger partial charge is 0.252 e. The average Bonchev–Trinajstić information content (AvgIpc) is 2.69. The van der Waals surface area contributed by atoms with E-state index in [1.54, 1.807) is 12.3 Å². The standard InChI is InChI=1S/C21H25FN6O/c1-12(2)9-14(11-23)26-21-16(22)10-15(19(24)29)20(28-21)27-17-7-3-5-13-6-4-8-25-18(13)17/h3-8,10,12,14H,9,11,23H2,1-2H3,(H2,24,29)(H2,26,27,28)/t14-/m1/s1. The maximum Gasteiger partial charge on any atom is 0.252 e. The Morgan fingerprint density at radius 3 is 2.66 bits per heavy atom. The zero-order valence-corrected chi connectivity index (χ0v) is 16.4. The summed E-state index contributed by atoms with van der Waals surface area (Å²) in [4.78, 5) is 20.6. The number of rotatable bonds is 8. The maximum atomic E-state index is 14.6. The lowest BCUT2D eigenvalue weighted by Crippen LogP contribution is -2.31. The van der Waals surface area contributed by atoms with E-state index in [0.717, 1.165) is 17.9 Å². The maximum absolute atomic E-state index is 14.6. The van der Waals surface area contributed by atoms with E-state index in [1.807, 2.05) is 24.3 Å². The van der Waals surface area contributed by atoms with Crippen LogP contribution in [0.4, 0.5) is 21.7 Å². The van der Waals surface area contributed by atoms with Gasteiger partial charge in [0.25, 0.3) is 5.91 Å². The van der Waals surface area contributed by atoms with E-state index in [4.69, 9.17) is 11.5 Å². The van der Waals surface area contributed by atoms with Crippen molar-refractivity contribution >= 4 is 34.1 Å². The number of amides is 1. The average molecular weight is 396 g/mol. The van der Waals surface area contributed by atoms with Crippen LogP contribution < -0.4 is 22.1 Å². The van der Waals surface area contributed by atoms with Crippen molar-refractivity contribution in [2.75, 3.05) is 17.2 Å². The third-order valence-electron chi connectivity index (χ3n) is 4.51. The molecule has 1 amide bonds. The lowest BCUT2D eigenvalue weighted by molar-refractivity contribution is 0.100. The van der Waals surface area contributed by atoms with Crippen molar-refractivity contribution in [3.8, 4) is 0 Å². The van der Waals surface area contributed by atoms with Crippen LogP contribution in [-0.2, 0) is 0 Å². The number of hydrogen-bond acceptors (Lipinski definition) is 6. The number of fused-ring (bicyclic) bond motifs is 1. The molecule has 3 rings (SSSR count). The van der Waals surface area contributed by atoms with Crippen molar-refractivity contribution in [3.05, 3.63) is 54.0 Å². The molecule has 2 aromatic heterocycles. The number of anilines is 3. The molecule has 152 valence electrons. The summed E-state index contributed by atoms with van der Waals surface area (Å²) >= 11 is 0. The molecule has 0 fully saturated rings. The van der Waals surface area contributed by atoms with Crippen LogP contribution in [0, 0.1) is 11.7 Å². The molecular weight excluding hydrogens is 371 g/mol. The third kappa shape index (κ3) is 4.78. The number of pyridine rings is 2. The summed E-state index contributed by atoms with van der Waals surface area (Å²) in [5, 5.41) is 7.04. The molecule has 29 heavy (non-hydrogen) atoms. The van der Waals surface area contributed by atoms with E-state index in [0.29, 0.717) is 23.7 Å². The number of carbonyl (C=O) groups is 1. The van der Waals surface area contributed by atoms with Crippen LogP contribution in [0.5, 0.6) is 0 Å². The number of primary amides is 1. The van der Waals surface area contributed by atoms with Gasteiger partial charge in [-0.05, 0) is 30.5 Å². The first-order chi connectivity index (χ1) is 13.9. The fraction of sp³-hybridized carbons (Fsp3) is 0.286. The van der Waals surface area contributed by atoms with Gasteiger partial charge in [-0.15, -0.1) is 0 Å². The first-order valence-electron chi connectivity index (χ1n) is 9.46. The molecule has 2 heterocycles. The molecule has 8 heteroatoms. The summed E-state index contributed by atoms with van der Waals surface area (Å²) in [5.74, 6) is -0.899. The van der Waals surface area contributed by atoms with Crippen LogP contribution in [-0.4, -0.2) is 28.5 Å². The van der Waals surface area contributed by atoms with Crippen molar-refractivity contribution in [1.29, 1.82) is 0 Å². The molecule has 1 atom stereocenters. The van der Waals surface area contributed by atoms with Gasteiger partial charge < -0.3 is 22.1 Å². The molecule has 0 saturated carbocycles. The van der Waals surface area contributed by atoms with Crippen molar-refractivity contribution < 1.29 is 9.18 Å². The molecular formula is C21H25FN6O. The topological polar surface area (TPSA) is 119 Å². The molecule has 6 N–H and O–H groups in total. The zero-order valence-electron chi connectivity index (χ0n) is 16.4. The van der Waals surface area contributed by atoms with Gasteiger partial charge in [0.1, 0.15) is 5.82 Å². The van der Waals surface area contributed by atoms with Gasteiger partial charge >= 0.3 is 0 Å². The molecule has 0 aliphatic heterocycles. The summed E-state index contributed by atoms with van der Waals surface area (Å²) in [6.45, 7) is 4.45. The Kier molecular flexibility index (Phi) is 6.23. The van der Waals surface area contributed by atoms with Crippen LogP contribution >= 0.6 is 0 Å². The van der Waals surface area contributed by atoms with Crippen LogP contribution in [0.3, 0.4) is 0 Å². The number of aromatic nitrogens is 2. The van der Waals surface area contributed by atoms with E-state index in [2.05, 4.69) is 34.4 Å². The van der Waals surface area contributed by atoms with E-state index in [-0.39, 0.29) is 23.2 Å². The molecule has 0 spiro atoms. The fourth-order valence-electron chi connectivity index (χ4n) is 3.18. The van der Waals surface area contributed by atoms with Gasteiger partial charge in [-0.25, -0.2) is 9.37 Å². The Balaban J connectivity index is 2.01. The first kappa shape index (κ1) is 20.5. The predicted molar refractivity (Wildman–Crippen MR) is 114 cm³/mol. The Morgan fingerprint density at radius 2 is 1.97 bits per heavy atom. The number of para-hydroxylation sites is 1. The van der Waals surface area contributed by atoms with Crippen LogP contribution in [0.25, 0.3) is 10.9 Å². The lowest BCUT2D eigenvalue weighted by Gasteiger charge is -2.21. The summed E-state index contributed by atoms with van der Waals surface area (Å²) in [7, 11) is 0. The van der Waals surface area contributed by atoms with E-state index < -0.39 is 11.7 Å². The largest absolute Gasteiger partial charge is 0.365 e. The van der Waals surface area contributed by atoms with Crippen molar-refractivity contribution in [3.63, 3.8) is 0 Å². The highest BCUT2D eigenvalue weighted by molar-refractivity contribution is 6.00. The minimum atomic E-state index is -0.781. The molecule has 3 aromatic rings. The first-order valence-corrected chi connectivity index (χ1v) is 9.46. The quantitative estimate of drug-likeness (QED) is 0.463. The number of halogens is 1. The van der Waals surface area contributed by atoms with Crippen molar-refractivity contribution in [2.24, 2.45) is 17.4 Å². The van der Waals surface area contributed by atoms with Gasteiger partial charge in [0, 0.05) is 24.2 Å². The second-order valence-corrected chi connectivity index (χ2v) is 7.29. The number of hydrogen-bond donors (Lipinski definition) is 4. The second kappa shape index (κ2) is 8.83. The normalized spacial score (nSPS) is 12.2. The Labute approximate surface area is 168 Å². The molecule has 1 aromatic carbocycles. The molecule has 0 radical (unpaired) electrons. The monoisotopic (exact) mass is 396 g/mol. The highest BCUT2D eigenvalue weighted by atomic mass is 19.1. The summed E-state index contributed by atoms with van der Waals surface area (Å²) in [5.41, 5.74) is 12.5. The molecule has 0 bridgehead atoms. The molecule has 7 nitrogen and oxygen atoms in total. The third-order valence-corrected chi connectivity index (χ3v) is 4.51. The zero-order chi connectivity index (χ0) is 21.0.